The van der Waals surface area contributed by atoms with Crippen molar-refractivity contribution >= 4 is 12.3 Å². The van der Waals surface area contributed by atoms with Crippen molar-refractivity contribution in [2.45, 2.75) is 0 Å². The van der Waals surface area contributed by atoms with Crippen molar-refractivity contribution in [1.82, 2.24) is 4.90 Å². The summed E-state index contributed by atoms with van der Waals surface area (Å²) in [5.74, 6) is -0.500. The second kappa shape index (κ2) is 3.01. The lowest BCUT2D eigenvalue weighted by Gasteiger charge is -2.04. The van der Waals surface area contributed by atoms with Crippen LogP contribution < -0.4 is 5.73 Å². The second-order valence-electron chi connectivity index (χ2n) is 1.49. The van der Waals surface area contributed by atoms with Gasteiger partial charge >= 0.3 is 0 Å². The molecule has 0 aromatic heterocycles. The summed E-state index contributed by atoms with van der Waals surface area (Å²) in [4.78, 5) is 20.9. The van der Waals surface area contributed by atoms with Crippen LogP contribution >= 0.6 is 0 Å². The van der Waals surface area contributed by atoms with Crippen LogP contribution in [0, 0.1) is 0 Å². The Balaban J connectivity index is 3.38. The lowest BCUT2D eigenvalue weighted by Crippen LogP contribution is -2.29. The predicted molar refractivity (Wildman–Crippen MR) is 27.9 cm³/mol. The number of carbonyl (C=O) groups excluding carboxylic acids is 2. The van der Waals surface area contributed by atoms with Crippen LogP contribution in [0.15, 0.2) is 0 Å². The molecule has 0 atom stereocenters. The summed E-state index contributed by atoms with van der Waals surface area (Å²) in [5, 5.41) is 0. The Labute approximate surface area is 47.3 Å². The van der Waals surface area contributed by atoms with E-state index in [0.29, 0.717) is 6.41 Å². The molecular weight excluding hydrogens is 108 g/mol. The molecule has 0 unspecified atom stereocenters. The normalized spacial score (nSPS) is 8.12. The highest BCUT2D eigenvalue weighted by Crippen LogP contribution is 1.69. The van der Waals surface area contributed by atoms with Gasteiger partial charge in [-0.15, -0.1) is 0 Å². The number of primary amides is 1. The van der Waals surface area contributed by atoms with Gasteiger partial charge in [-0.25, -0.2) is 0 Å². The number of nitrogens with two attached hydrogens (primary N) is 1. The molecule has 0 heterocycles. The fourth-order valence-electron chi connectivity index (χ4n) is 0.283. The van der Waals surface area contributed by atoms with E-state index in [1.165, 1.54) is 11.9 Å². The molecule has 0 aliphatic rings. The standard InChI is InChI=1S/C4H8N2O2/c1-6(3-7)2-4(5)8/h3H,2H2,1H3,(H2,5,8). The average Bonchev–Trinajstić information content (AvgIpc) is 1.65. The molecule has 0 saturated carbocycles. The molecular formula is C4H8N2O2. The van der Waals surface area contributed by atoms with Crippen molar-refractivity contribution in [1.29, 1.82) is 0 Å². The molecule has 8 heavy (non-hydrogen) atoms. The van der Waals surface area contributed by atoms with Gasteiger partial charge in [0.05, 0.1) is 6.54 Å². The number of hydrogen-bond acceptors (Lipinski definition) is 2. The Morgan fingerprint density at radius 3 is 2.50 bits per heavy atom. The van der Waals surface area contributed by atoms with E-state index >= 15 is 0 Å². The van der Waals surface area contributed by atoms with Crippen LogP contribution in [0.2, 0.25) is 0 Å². The Kier molecular flexibility index (Phi) is 2.61. The summed E-state index contributed by atoms with van der Waals surface area (Å²) in [6, 6.07) is 0. The van der Waals surface area contributed by atoms with E-state index in [-0.39, 0.29) is 6.54 Å². The van der Waals surface area contributed by atoms with Gasteiger partial charge in [-0.05, 0) is 0 Å². The molecule has 0 radical (unpaired) electrons. The maximum atomic E-state index is 9.99. The van der Waals surface area contributed by atoms with Crippen LogP contribution in [-0.2, 0) is 9.59 Å². The predicted octanol–water partition coefficient (Wildman–Crippen LogP) is -1.44. The molecule has 0 saturated heterocycles. The largest absolute Gasteiger partial charge is 0.368 e. The molecule has 2 amide bonds. The number of hydrogen-bond donors (Lipinski definition) is 1. The van der Waals surface area contributed by atoms with Crippen molar-refractivity contribution in [2.24, 2.45) is 5.73 Å². The number of nitrogens with zero attached hydrogens (tertiary/aromatic N) is 1. The van der Waals surface area contributed by atoms with E-state index in [0.717, 1.165) is 0 Å². The number of carbonyl (C=O) groups is 2. The Morgan fingerprint density at radius 2 is 2.38 bits per heavy atom. The highest BCUT2D eigenvalue weighted by atomic mass is 16.2. The van der Waals surface area contributed by atoms with Gasteiger partial charge in [-0.2, -0.15) is 0 Å². The SMILES string of the molecule is CN(C=O)CC(N)=O. The molecule has 0 aromatic rings. The van der Waals surface area contributed by atoms with Crippen molar-refractivity contribution in [3.63, 3.8) is 0 Å². The lowest BCUT2D eigenvalue weighted by atomic mass is 10.6. The minimum absolute atomic E-state index is 0.0104. The molecule has 4 nitrogen and oxygen atoms in total. The van der Waals surface area contributed by atoms with Gasteiger partial charge < -0.3 is 10.6 Å². The number of rotatable bonds is 3. The highest BCUT2D eigenvalue weighted by Gasteiger charge is 1.95. The average molecular weight is 116 g/mol. The lowest BCUT2D eigenvalue weighted by molar-refractivity contribution is -0.125. The van der Waals surface area contributed by atoms with E-state index in [9.17, 15) is 9.59 Å². The first kappa shape index (κ1) is 6.94. The van der Waals surface area contributed by atoms with Crippen LogP contribution in [0.25, 0.3) is 0 Å². The topological polar surface area (TPSA) is 63.4 Å². The van der Waals surface area contributed by atoms with Crippen LogP contribution in [0.4, 0.5) is 0 Å². The Morgan fingerprint density at radius 1 is 1.88 bits per heavy atom. The first-order valence-electron chi connectivity index (χ1n) is 2.10. The summed E-state index contributed by atoms with van der Waals surface area (Å²) in [5.41, 5.74) is 4.73. The first-order chi connectivity index (χ1) is 3.66. The third-order valence-corrected chi connectivity index (χ3v) is 0.585. The molecule has 46 valence electrons. The third kappa shape index (κ3) is 3.14. The molecule has 0 aromatic carbocycles. The highest BCUT2D eigenvalue weighted by molar-refractivity contribution is 5.77. The number of amides is 2. The smallest absolute Gasteiger partial charge is 0.237 e. The molecule has 0 aliphatic heterocycles. The van der Waals surface area contributed by atoms with Crippen molar-refractivity contribution in [3.8, 4) is 0 Å². The van der Waals surface area contributed by atoms with Crippen LogP contribution in [-0.4, -0.2) is 30.8 Å². The van der Waals surface area contributed by atoms with E-state index in [1.807, 2.05) is 0 Å². The second-order valence-corrected chi connectivity index (χ2v) is 1.49. The summed E-state index contributed by atoms with van der Waals surface area (Å²) >= 11 is 0. The molecule has 2 N–H and O–H groups in total. The maximum Gasteiger partial charge on any atom is 0.237 e. The zero-order chi connectivity index (χ0) is 6.57. The molecule has 0 bridgehead atoms. The molecule has 0 rings (SSSR count). The fourth-order valence-corrected chi connectivity index (χ4v) is 0.283. The van der Waals surface area contributed by atoms with Gasteiger partial charge in [0, 0.05) is 7.05 Å². The summed E-state index contributed by atoms with van der Waals surface area (Å²) in [6.45, 7) is -0.0104. The van der Waals surface area contributed by atoms with Crippen LogP contribution in [0.3, 0.4) is 0 Å². The Hall–Kier alpha value is -1.06. The van der Waals surface area contributed by atoms with Gasteiger partial charge in [0.2, 0.25) is 12.3 Å². The minimum atomic E-state index is -0.500. The first-order valence-corrected chi connectivity index (χ1v) is 2.10. The van der Waals surface area contributed by atoms with Crippen molar-refractivity contribution in [2.75, 3.05) is 13.6 Å². The summed E-state index contributed by atoms with van der Waals surface area (Å²) < 4.78 is 0. The third-order valence-electron chi connectivity index (χ3n) is 0.585. The molecule has 4 heteroatoms. The molecule has 0 spiro atoms. The van der Waals surface area contributed by atoms with Crippen molar-refractivity contribution < 1.29 is 9.59 Å². The quantitative estimate of drug-likeness (QED) is 0.459. The fraction of sp³-hybridized carbons (Fsp3) is 0.500. The van der Waals surface area contributed by atoms with E-state index in [2.05, 4.69) is 0 Å². The summed E-state index contributed by atoms with van der Waals surface area (Å²) in [7, 11) is 1.48. The van der Waals surface area contributed by atoms with Crippen LogP contribution in [0.1, 0.15) is 0 Å². The monoisotopic (exact) mass is 116 g/mol. The van der Waals surface area contributed by atoms with Gasteiger partial charge in [-0.3, -0.25) is 9.59 Å². The van der Waals surface area contributed by atoms with Crippen LogP contribution in [0.5, 0.6) is 0 Å². The van der Waals surface area contributed by atoms with E-state index in [4.69, 9.17) is 5.73 Å². The van der Waals surface area contributed by atoms with Gasteiger partial charge in [0.1, 0.15) is 0 Å². The number of likely N-dealkylation sites (N-methyl/N-ethyl adjacent to an activating group) is 1. The van der Waals surface area contributed by atoms with Crippen molar-refractivity contribution in [3.05, 3.63) is 0 Å². The molecule has 0 fully saturated rings. The van der Waals surface area contributed by atoms with E-state index < -0.39 is 5.91 Å². The summed E-state index contributed by atoms with van der Waals surface area (Å²) in [6.07, 6.45) is 0.546. The Bertz CT molecular complexity index is 102. The zero-order valence-electron chi connectivity index (χ0n) is 4.63. The minimum Gasteiger partial charge on any atom is -0.368 e. The van der Waals surface area contributed by atoms with Gasteiger partial charge in [0.15, 0.2) is 0 Å². The zero-order valence-corrected chi connectivity index (χ0v) is 4.63. The molecule has 0 aliphatic carbocycles. The van der Waals surface area contributed by atoms with Gasteiger partial charge in [-0.1, -0.05) is 0 Å². The van der Waals surface area contributed by atoms with Gasteiger partial charge in [0.25, 0.3) is 0 Å². The maximum absolute atomic E-state index is 9.99. The van der Waals surface area contributed by atoms with E-state index in [1.54, 1.807) is 0 Å².